The number of aromatic amines is 1. The van der Waals surface area contributed by atoms with Crippen LogP contribution in [-0.4, -0.2) is 105 Å². The van der Waals surface area contributed by atoms with Gasteiger partial charge in [0.05, 0.1) is 41.0 Å². The molecule has 4 atom stereocenters. The Morgan fingerprint density at radius 3 is 2.28 bits per heavy atom. The Bertz CT molecular complexity index is 1960. The van der Waals surface area contributed by atoms with Gasteiger partial charge in [-0.2, -0.15) is 5.10 Å². The van der Waals surface area contributed by atoms with Crippen molar-refractivity contribution in [3.05, 3.63) is 87.9 Å². The van der Waals surface area contributed by atoms with Gasteiger partial charge >= 0.3 is 0 Å². The van der Waals surface area contributed by atoms with Crippen LogP contribution in [0.25, 0.3) is 21.6 Å². The molecule has 4 heterocycles. The van der Waals surface area contributed by atoms with E-state index in [9.17, 15) is 24.3 Å². The van der Waals surface area contributed by atoms with Gasteiger partial charge in [0.15, 0.2) is 0 Å². The highest BCUT2D eigenvalue weighted by Crippen LogP contribution is 2.30. The molecule has 0 aliphatic carbocycles. The van der Waals surface area contributed by atoms with Gasteiger partial charge in [-0.15, -0.1) is 11.3 Å². The van der Waals surface area contributed by atoms with Crippen LogP contribution in [0.2, 0.25) is 0 Å². The minimum atomic E-state index is -0.897. The summed E-state index contributed by atoms with van der Waals surface area (Å²) in [6.07, 6.45) is 0.889. The third-order valence-corrected chi connectivity index (χ3v) is 11.0. The van der Waals surface area contributed by atoms with E-state index >= 15 is 0 Å². The largest absolute Gasteiger partial charge is 0.391 e. The molecule has 0 saturated carbocycles. The van der Waals surface area contributed by atoms with Gasteiger partial charge in [-0.3, -0.25) is 24.1 Å². The van der Waals surface area contributed by atoms with E-state index in [2.05, 4.69) is 35.6 Å². The number of hydrogen-bond donors (Lipinski definition) is 4. The number of anilines is 1. The average Bonchev–Trinajstić information content (AvgIpc) is 3.75. The third kappa shape index (κ3) is 9.00. The normalized spacial score (nSPS) is 19.1. The number of aliphatic hydroxyl groups is 1. The maximum atomic E-state index is 14.1. The summed E-state index contributed by atoms with van der Waals surface area (Å²) >= 11 is 1.58. The molecule has 13 nitrogen and oxygen atoms in total. The van der Waals surface area contributed by atoms with Crippen molar-refractivity contribution in [2.45, 2.75) is 65.3 Å². The molecule has 2 saturated heterocycles. The number of amides is 3. The van der Waals surface area contributed by atoms with E-state index < -0.39 is 23.6 Å². The SMILES string of the molecule is Cc1ncsc1-c1ccc([C@H](C)NC(=O)[C@@H]2C[C@@H](O)CN2C(=O)C(NC(=O)CN2CCN(c3ccc(-c4cn[nH]c(=O)c4)cc3)CC2)C(C)(C)C)cc1. The van der Waals surface area contributed by atoms with Crippen molar-refractivity contribution in [2.75, 3.05) is 44.2 Å². The van der Waals surface area contributed by atoms with Crippen LogP contribution in [0.4, 0.5) is 5.69 Å². The van der Waals surface area contributed by atoms with Crippen LogP contribution in [-0.2, 0) is 14.4 Å². The zero-order valence-corrected chi connectivity index (χ0v) is 31.7. The lowest BCUT2D eigenvalue weighted by Gasteiger charge is -2.37. The summed E-state index contributed by atoms with van der Waals surface area (Å²) in [4.78, 5) is 64.0. The van der Waals surface area contributed by atoms with E-state index in [-0.39, 0.29) is 48.8 Å². The van der Waals surface area contributed by atoms with Crippen LogP contribution in [0.15, 0.2) is 71.1 Å². The van der Waals surface area contributed by atoms with Gasteiger partial charge in [-0.25, -0.2) is 10.1 Å². The minimum absolute atomic E-state index is 0.0140. The van der Waals surface area contributed by atoms with Crippen LogP contribution in [0.5, 0.6) is 0 Å². The molecular formula is C39H48N8O5S. The predicted octanol–water partition coefficient (Wildman–Crippen LogP) is 3.36. The first-order chi connectivity index (χ1) is 25.3. The third-order valence-electron chi connectivity index (χ3n) is 10.0. The highest BCUT2D eigenvalue weighted by molar-refractivity contribution is 7.13. The molecule has 2 aromatic carbocycles. The van der Waals surface area contributed by atoms with Gasteiger partial charge in [-0.1, -0.05) is 57.2 Å². The molecule has 2 aliphatic rings. The number of nitrogens with one attached hydrogen (secondary N) is 3. The molecule has 2 aliphatic heterocycles. The number of benzene rings is 2. The number of thiazole rings is 1. The first-order valence-corrected chi connectivity index (χ1v) is 18.9. The smallest absolute Gasteiger partial charge is 0.264 e. The van der Waals surface area contributed by atoms with E-state index in [1.165, 1.54) is 11.0 Å². The number of H-pyrrole nitrogens is 1. The van der Waals surface area contributed by atoms with Gasteiger partial charge < -0.3 is 25.5 Å². The molecule has 0 bridgehead atoms. The molecule has 4 aromatic rings. The van der Waals surface area contributed by atoms with Gasteiger partial charge in [0.1, 0.15) is 12.1 Å². The van der Waals surface area contributed by atoms with Gasteiger partial charge in [-0.05, 0) is 48.1 Å². The fourth-order valence-corrected chi connectivity index (χ4v) is 7.80. The number of likely N-dealkylation sites (tertiary alicyclic amines) is 1. The Labute approximate surface area is 313 Å². The topological polar surface area (TPSA) is 164 Å². The second-order valence-electron chi connectivity index (χ2n) is 15.0. The lowest BCUT2D eigenvalue weighted by Crippen LogP contribution is -2.59. The fourth-order valence-electron chi connectivity index (χ4n) is 6.99. The highest BCUT2D eigenvalue weighted by Gasteiger charge is 2.44. The maximum absolute atomic E-state index is 14.1. The number of rotatable bonds is 10. The fraction of sp³-hybridized carbons (Fsp3) is 0.436. The quantitative estimate of drug-likeness (QED) is 0.191. The number of aliphatic hydroxyl groups excluding tert-OH is 1. The van der Waals surface area contributed by atoms with Crippen molar-refractivity contribution < 1.29 is 19.5 Å². The van der Waals surface area contributed by atoms with Gasteiger partial charge in [0.2, 0.25) is 17.7 Å². The molecule has 1 unspecified atom stereocenters. The Balaban J connectivity index is 1.03. The van der Waals surface area contributed by atoms with Crippen molar-refractivity contribution in [1.29, 1.82) is 0 Å². The van der Waals surface area contributed by atoms with Crippen molar-refractivity contribution >= 4 is 34.7 Å². The molecule has 280 valence electrons. The van der Waals surface area contributed by atoms with Gasteiger partial charge in [0.25, 0.3) is 5.56 Å². The van der Waals surface area contributed by atoms with Crippen molar-refractivity contribution in [3.63, 3.8) is 0 Å². The zero-order chi connectivity index (χ0) is 37.9. The van der Waals surface area contributed by atoms with Crippen LogP contribution in [0.1, 0.15) is 51.4 Å². The molecule has 4 N–H and O–H groups in total. The molecular weight excluding hydrogens is 693 g/mol. The van der Waals surface area contributed by atoms with Crippen LogP contribution >= 0.6 is 11.3 Å². The summed E-state index contributed by atoms with van der Waals surface area (Å²) in [6.45, 7) is 12.4. The zero-order valence-electron chi connectivity index (χ0n) is 30.8. The summed E-state index contributed by atoms with van der Waals surface area (Å²) in [7, 11) is 0. The minimum Gasteiger partial charge on any atom is -0.391 e. The number of nitrogens with zero attached hydrogens (tertiary/aromatic N) is 5. The van der Waals surface area contributed by atoms with Crippen molar-refractivity contribution in [2.24, 2.45) is 5.41 Å². The first-order valence-electron chi connectivity index (χ1n) is 18.0. The van der Waals surface area contributed by atoms with Crippen molar-refractivity contribution in [3.8, 4) is 21.6 Å². The summed E-state index contributed by atoms with van der Waals surface area (Å²) in [6, 6.07) is 15.4. The number of carbonyl (C=O) groups is 3. The van der Waals surface area contributed by atoms with Crippen LogP contribution < -0.4 is 21.1 Å². The van der Waals surface area contributed by atoms with E-state index in [4.69, 9.17) is 0 Å². The molecule has 14 heteroatoms. The second kappa shape index (κ2) is 16.0. The molecule has 3 amide bonds. The van der Waals surface area contributed by atoms with E-state index in [0.717, 1.165) is 51.6 Å². The maximum Gasteiger partial charge on any atom is 0.264 e. The van der Waals surface area contributed by atoms with Crippen molar-refractivity contribution in [1.82, 2.24) is 35.6 Å². The van der Waals surface area contributed by atoms with E-state index in [1.807, 2.05) is 88.7 Å². The average molecular weight is 741 g/mol. The summed E-state index contributed by atoms with van der Waals surface area (Å²) in [5.74, 6) is -0.999. The van der Waals surface area contributed by atoms with Gasteiger partial charge in [0, 0.05) is 56.5 Å². The Kier molecular flexibility index (Phi) is 11.4. The molecule has 2 aromatic heterocycles. The standard InChI is InChI=1S/C39H48N8O5S/c1-24(26-6-8-28(9-7-26)35-25(2)40-23-53-35)42-37(51)32-19-31(48)21-47(32)38(52)36(39(3,4)5)43-34(50)22-45-14-16-46(17-15-45)30-12-10-27(11-13-30)29-18-33(49)44-41-20-29/h6-13,18,20,23-24,31-32,36,48H,14-17,19,21-22H2,1-5H3,(H,42,51)(H,43,50)(H,44,49)/t24-,31+,32-,36?/m0/s1. The summed E-state index contributed by atoms with van der Waals surface area (Å²) < 4.78 is 0. The predicted molar refractivity (Wildman–Crippen MR) is 205 cm³/mol. The number of aromatic nitrogens is 3. The number of β-amino-alcohol motifs (C(OH)–C–C–N with tert-alkyl or cyclic N) is 1. The lowest BCUT2D eigenvalue weighted by atomic mass is 9.85. The molecule has 6 rings (SSSR count). The molecule has 0 spiro atoms. The molecule has 2 fully saturated rings. The number of aryl methyl sites for hydroxylation is 1. The van der Waals surface area contributed by atoms with Crippen LogP contribution in [0.3, 0.4) is 0 Å². The first kappa shape index (κ1) is 37.8. The van der Waals surface area contributed by atoms with E-state index in [1.54, 1.807) is 17.5 Å². The highest BCUT2D eigenvalue weighted by atomic mass is 32.1. The molecule has 0 radical (unpaired) electrons. The second-order valence-corrected chi connectivity index (χ2v) is 15.9. The monoisotopic (exact) mass is 740 g/mol. The Morgan fingerprint density at radius 2 is 1.66 bits per heavy atom. The summed E-state index contributed by atoms with van der Waals surface area (Å²) in [5.41, 5.74) is 6.57. The number of carbonyl (C=O) groups excluding carboxylic acids is 3. The lowest BCUT2D eigenvalue weighted by molar-refractivity contribution is -0.144. The van der Waals surface area contributed by atoms with E-state index in [0.29, 0.717) is 13.1 Å². The Hall–Kier alpha value is -4.92. The Morgan fingerprint density at radius 1 is 0.981 bits per heavy atom. The van der Waals surface area contributed by atoms with Crippen LogP contribution in [0, 0.1) is 12.3 Å². The number of hydrogen-bond acceptors (Lipinski definition) is 10. The summed E-state index contributed by atoms with van der Waals surface area (Å²) in [5, 5.41) is 22.9. The molecule has 53 heavy (non-hydrogen) atoms. The number of piperazine rings is 1.